The van der Waals surface area contributed by atoms with E-state index in [-0.39, 0.29) is 61.9 Å². The first-order valence-corrected chi connectivity index (χ1v) is 26.6. The molecule has 0 bridgehead atoms. The second-order valence-electron chi connectivity index (χ2n) is 18.1. The second-order valence-corrected chi connectivity index (χ2v) is 21.7. The molecule has 4 N–H and O–H groups in total. The Morgan fingerprint density at radius 3 is 1.35 bits per heavy atom. The molecule has 22 heteroatoms. The zero-order valence-electron chi connectivity index (χ0n) is 46.9. The Kier molecular flexibility index (Phi) is 15.3. The molecule has 4 atom stereocenters. The van der Waals surface area contributed by atoms with Crippen molar-refractivity contribution in [2.24, 2.45) is 11.8 Å². The number of furan rings is 2. The van der Waals surface area contributed by atoms with Crippen LogP contribution in [0.2, 0.25) is 0 Å². The molecule has 392 valence electrons. The van der Waals surface area contributed by atoms with Crippen LogP contribution < -0.4 is 21.3 Å². The number of hydrogen-bond donors (Lipinski definition) is 4. The van der Waals surface area contributed by atoms with Crippen LogP contribution in [-0.2, 0) is 39.2 Å². The van der Waals surface area contributed by atoms with Gasteiger partial charge < -0.3 is 30.1 Å². The number of fused-ring (bicyclic) bond motifs is 2. The van der Waals surface area contributed by atoms with Crippen molar-refractivity contribution in [1.29, 1.82) is 0 Å². The molecule has 74 heavy (non-hydrogen) atoms. The van der Waals surface area contributed by atoms with Crippen LogP contribution in [0.1, 0.15) is 95.6 Å². The molecule has 0 unspecified atom stereocenters. The Hall–Kier alpha value is -7.14. The maximum atomic E-state index is 13.4. The second kappa shape index (κ2) is 24.3. The highest BCUT2D eigenvalue weighted by Crippen LogP contribution is 2.23. The van der Waals surface area contributed by atoms with Crippen LogP contribution in [0, 0.1) is 11.8 Å². The van der Waals surface area contributed by atoms with Gasteiger partial charge in [0.25, 0.3) is 31.9 Å². The molecular weight excluding hydrogens is 993 g/mol. The maximum Gasteiger partial charge on any atom is 0.287 e. The molecule has 4 aromatic heterocycles. The lowest BCUT2D eigenvalue weighted by Crippen LogP contribution is -2.52. The number of rotatable bonds is 16. The number of nitrogens with zero attached hydrogens (tertiary/aromatic N) is 4. The van der Waals surface area contributed by atoms with E-state index >= 15 is 0 Å². The van der Waals surface area contributed by atoms with Crippen molar-refractivity contribution < 1.29 is 62.7 Å². The van der Waals surface area contributed by atoms with Crippen LogP contribution in [0.15, 0.2) is 128 Å². The molecule has 0 radical (unpaired) electrons. The minimum atomic E-state index is -4.53. The molecule has 6 aromatic rings. The molecule has 0 spiro atoms. The van der Waals surface area contributed by atoms with Gasteiger partial charge in [-0.15, -0.1) is 0 Å². The predicted octanol–water partition coefficient (Wildman–Crippen LogP) is 5.02. The zero-order valence-corrected chi connectivity index (χ0v) is 42.5. The average molecular weight is 1060 g/mol. The van der Waals surface area contributed by atoms with E-state index in [2.05, 4.69) is 31.2 Å². The summed E-state index contributed by atoms with van der Waals surface area (Å²) in [7, 11) is -9.06. The van der Waals surface area contributed by atoms with Crippen LogP contribution >= 0.6 is 0 Å². The lowest BCUT2D eigenvalue weighted by molar-refractivity contribution is -0.129. The molecule has 2 saturated heterocycles. The number of hydrogen-bond acceptors (Lipinski definition) is 14. The van der Waals surface area contributed by atoms with Gasteiger partial charge in [0, 0.05) is 36.3 Å². The molecule has 8 rings (SSSR count). The molecule has 2 aliphatic heterocycles. The molecule has 0 aliphatic carbocycles. The number of amides is 4. The first-order valence-electron chi connectivity index (χ1n) is 26.7. The first-order chi connectivity index (χ1) is 37.5. The van der Waals surface area contributed by atoms with Gasteiger partial charge in [0.1, 0.15) is 23.2 Å². The number of nitrogens with one attached hydrogen (secondary N) is 4. The van der Waals surface area contributed by atoms with Gasteiger partial charge in [-0.05, 0) is 98.9 Å². The molecule has 20 nitrogen and oxygen atoms in total. The molecule has 2 aromatic carbocycles. The third-order valence-electron chi connectivity index (χ3n) is 11.5. The van der Waals surface area contributed by atoms with Crippen molar-refractivity contribution in [2.75, 3.05) is 26.1 Å². The third-order valence-corrected chi connectivity index (χ3v) is 14.7. The third kappa shape index (κ3) is 13.7. The Labute approximate surface area is 437 Å². The number of para-hydroxylation sites is 2. The van der Waals surface area contributed by atoms with Crippen molar-refractivity contribution in [3.8, 4) is 0 Å². The molecule has 6 heterocycles. The Bertz CT molecular complexity index is 3220. The molecule has 2 fully saturated rings. The van der Waals surface area contributed by atoms with Crippen LogP contribution in [0.3, 0.4) is 0 Å². The van der Waals surface area contributed by atoms with Crippen molar-refractivity contribution in [1.82, 2.24) is 39.8 Å². The number of ketones is 2. The zero-order chi connectivity index (χ0) is 58.6. The summed E-state index contributed by atoms with van der Waals surface area (Å²) in [5.74, 6) is -6.21. The summed E-state index contributed by atoms with van der Waals surface area (Å²) in [6.45, 7) is 0.137. The van der Waals surface area contributed by atoms with Crippen molar-refractivity contribution in [3.63, 3.8) is 0 Å². The van der Waals surface area contributed by atoms with E-state index in [1.54, 1.807) is 48.5 Å². The lowest BCUT2D eigenvalue weighted by Gasteiger charge is -2.23. The number of benzene rings is 2. The monoisotopic (exact) mass is 1060 g/mol. The number of carbonyl (C=O) groups excluding carboxylic acids is 6. The highest BCUT2D eigenvalue weighted by Gasteiger charge is 2.37. The summed E-state index contributed by atoms with van der Waals surface area (Å²) in [4.78, 5) is 87.0. The average Bonchev–Trinajstić information content (AvgIpc) is 4.05. The number of pyridine rings is 2. The van der Waals surface area contributed by atoms with E-state index in [1.165, 1.54) is 60.9 Å². The van der Waals surface area contributed by atoms with Gasteiger partial charge in [0.05, 0.1) is 33.3 Å². The fraction of sp³-hybridized carbons (Fsp3) is 0.385. The van der Waals surface area contributed by atoms with Gasteiger partial charge in [-0.1, -0.05) is 76.2 Å². The summed E-state index contributed by atoms with van der Waals surface area (Å²) in [6.07, 6.45) is 1.86. The number of sulfonamides is 2. The molecular formula is C52H60N8O12S2. The molecule has 4 amide bonds. The summed E-state index contributed by atoms with van der Waals surface area (Å²) >= 11 is 0. The Morgan fingerprint density at radius 2 is 1.00 bits per heavy atom. The van der Waals surface area contributed by atoms with E-state index in [1.807, 2.05) is 27.7 Å². The van der Waals surface area contributed by atoms with Crippen LogP contribution in [0.4, 0.5) is 0 Å². The summed E-state index contributed by atoms with van der Waals surface area (Å²) in [5.41, 5.74) is 0.971. The fourth-order valence-electron chi connectivity index (χ4n) is 7.85. The van der Waals surface area contributed by atoms with E-state index in [4.69, 9.17) is 17.1 Å². The maximum absolute atomic E-state index is 13.4. The van der Waals surface area contributed by atoms with E-state index in [0.29, 0.717) is 30.5 Å². The number of Topliss-reactive ketones (excluding diaryl/α,β-unsaturated/α-hetero) is 2. The van der Waals surface area contributed by atoms with Crippen molar-refractivity contribution in [3.05, 3.63) is 121 Å². The van der Waals surface area contributed by atoms with Gasteiger partial charge in [-0.3, -0.25) is 28.8 Å². The SMILES string of the molecule is [2H]C1([2H])C(=O)[C@@]([2H])(NC(=O)[C@H](CC(C)C)NC(=O)c2cc3ccccc3o2)CCCN1S(=O)(=O)c1ccccn1.[2H]C1([2H])C(=O)[C@]([2H])(NC(=O)[C@H](CC(C)C)NC(=O)c2cc3ccccc3o2)CCCN1S(=O)(=O)c1ccccn1. The lowest BCUT2D eigenvalue weighted by atomic mass is 10.0. The van der Waals surface area contributed by atoms with Gasteiger partial charge >= 0.3 is 0 Å². The smallest absolute Gasteiger partial charge is 0.287 e. The van der Waals surface area contributed by atoms with Crippen molar-refractivity contribution >= 4 is 77.2 Å². The largest absolute Gasteiger partial charge is 0.451 e. The van der Waals surface area contributed by atoms with E-state index < -0.39 is 115 Å². The van der Waals surface area contributed by atoms with Gasteiger partial charge in [0.15, 0.2) is 33.1 Å². The highest BCUT2D eigenvalue weighted by molar-refractivity contribution is 7.89. The predicted molar refractivity (Wildman–Crippen MR) is 272 cm³/mol. The summed E-state index contributed by atoms with van der Waals surface area (Å²) < 4.78 is 116. The first kappa shape index (κ1) is 46.6. The quantitative estimate of drug-likeness (QED) is 0.0991. The van der Waals surface area contributed by atoms with Crippen LogP contribution in [0.25, 0.3) is 21.9 Å². The van der Waals surface area contributed by atoms with Crippen molar-refractivity contribution in [2.45, 2.75) is 100 Å². The van der Waals surface area contributed by atoms with Crippen LogP contribution in [0.5, 0.6) is 0 Å². The standard InChI is InChI=1S/2C26H30N4O6S/c2*1-17(2)14-20(29-26(33)23-15-18-8-3-4-10-22(18)36-23)25(32)28-19-9-7-13-30(16-21(19)31)37(34,35)24-11-5-6-12-27-24/h2*3-6,8,10-12,15,17,19-20H,7,9,13-14,16H2,1-2H3,(H,28,32)(H,29,33)/t19-,20+;19-,20-/m10/s1/i2*16D2,19D. The minimum absolute atomic E-state index is 0.0272. The van der Waals surface area contributed by atoms with E-state index in [0.717, 1.165) is 0 Å². The Balaban J connectivity index is 0.000000231. The van der Waals surface area contributed by atoms with E-state index in [9.17, 15) is 45.6 Å². The topological polar surface area (TPSA) is 277 Å². The molecule has 2 aliphatic rings. The van der Waals surface area contributed by atoms with Gasteiger partial charge in [0.2, 0.25) is 11.8 Å². The normalized spacial score (nSPS) is 22.5. The minimum Gasteiger partial charge on any atom is -0.451 e. The number of carbonyl (C=O) groups is 6. The Morgan fingerprint density at radius 1 is 0.622 bits per heavy atom. The number of aromatic nitrogens is 2. The summed E-state index contributed by atoms with van der Waals surface area (Å²) in [5, 5.41) is 10.3. The highest BCUT2D eigenvalue weighted by atomic mass is 32.2. The van der Waals surface area contributed by atoms with Crippen LogP contribution in [-0.4, -0.2) is 121 Å². The van der Waals surface area contributed by atoms with Gasteiger partial charge in [-0.2, -0.15) is 8.61 Å². The molecule has 0 saturated carbocycles. The van der Waals surface area contributed by atoms with Gasteiger partial charge in [-0.25, -0.2) is 26.8 Å². The fourth-order valence-corrected chi connectivity index (χ4v) is 10.3. The summed E-state index contributed by atoms with van der Waals surface area (Å²) in [6, 6.07) is 17.9.